The largest absolute Gasteiger partial charge is 0.475 e. The first-order valence-corrected chi connectivity index (χ1v) is 6.09. The second-order valence-electron chi connectivity index (χ2n) is 4.64. The Labute approximate surface area is 103 Å². The van der Waals surface area contributed by atoms with Gasteiger partial charge in [0.15, 0.2) is 11.6 Å². The van der Waals surface area contributed by atoms with Crippen LogP contribution in [0.5, 0.6) is 0 Å². The van der Waals surface area contributed by atoms with Crippen LogP contribution in [0, 0.1) is 5.92 Å². The predicted molar refractivity (Wildman–Crippen MR) is 58.7 cm³/mol. The molecule has 18 heavy (non-hydrogen) atoms. The molecule has 1 fully saturated rings. The molecular formula is C12H15F2NO3. The summed E-state index contributed by atoms with van der Waals surface area (Å²) in [6.07, 6.45) is 3.03. The summed E-state index contributed by atoms with van der Waals surface area (Å²) in [5.74, 6) is -1.73. The highest BCUT2D eigenvalue weighted by Gasteiger charge is 2.27. The van der Waals surface area contributed by atoms with Crippen LogP contribution in [0.4, 0.5) is 8.78 Å². The van der Waals surface area contributed by atoms with Crippen LogP contribution in [0.1, 0.15) is 60.7 Å². The van der Waals surface area contributed by atoms with E-state index in [4.69, 9.17) is 9.52 Å². The minimum atomic E-state index is -2.92. The monoisotopic (exact) mass is 259 g/mol. The number of hydrogen-bond donors (Lipinski definition) is 1. The maximum atomic E-state index is 12.6. The maximum absolute atomic E-state index is 12.6. The maximum Gasteiger partial charge on any atom is 0.374 e. The summed E-state index contributed by atoms with van der Waals surface area (Å²) in [4.78, 5) is 14.4. The first-order valence-electron chi connectivity index (χ1n) is 6.09. The topological polar surface area (TPSA) is 63.3 Å². The molecule has 4 nitrogen and oxygen atoms in total. The summed E-state index contributed by atoms with van der Waals surface area (Å²) in [7, 11) is 0. The Kier molecular flexibility index (Phi) is 3.93. The van der Waals surface area contributed by atoms with Crippen molar-refractivity contribution in [2.75, 3.05) is 0 Å². The van der Waals surface area contributed by atoms with Gasteiger partial charge in [0.1, 0.15) is 0 Å². The molecule has 1 aromatic heterocycles. The average Bonchev–Trinajstić information content (AvgIpc) is 2.74. The van der Waals surface area contributed by atoms with Gasteiger partial charge in [-0.1, -0.05) is 19.3 Å². The summed E-state index contributed by atoms with van der Waals surface area (Å²) in [6.45, 7) is 0. The minimum absolute atomic E-state index is 0.120. The zero-order chi connectivity index (χ0) is 13.1. The standard InChI is InChI=1S/C12H15F2NO3/c13-11(14)9-10(12(16)17)18-8(15-9)6-7-4-2-1-3-5-7/h7,11H,1-6H2,(H,16,17). The van der Waals surface area contributed by atoms with Crippen molar-refractivity contribution in [3.05, 3.63) is 17.3 Å². The van der Waals surface area contributed by atoms with Crippen molar-refractivity contribution in [3.63, 3.8) is 0 Å². The Bertz CT molecular complexity index is 425. The van der Waals surface area contributed by atoms with Gasteiger partial charge in [-0.25, -0.2) is 18.6 Å². The molecule has 0 radical (unpaired) electrons. The Morgan fingerprint density at radius 3 is 2.56 bits per heavy atom. The number of alkyl halides is 2. The number of rotatable bonds is 4. The van der Waals surface area contributed by atoms with E-state index in [0.29, 0.717) is 12.3 Å². The zero-order valence-electron chi connectivity index (χ0n) is 9.86. The van der Waals surface area contributed by atoms with E-state index in [2.05, 4.69) is 4.98 Å². The Morgan fingerprint density at radius 2 is 2.06 bits per heavy atom. The molecule has 1 aliphatic carbocycles. The van der Waals surface area contributed by atoms with Crippen LogP contribution in [-0.4, -0.2) is 16.1 Å². The van der Waals surface area contributed by atoms with E-state index < -0.39 is 23.8 Å². The number of aromatic carboxylic acids is 1. The van der Waals surface area contributed by atoms with Crippen LogP contribution >= 0.6 is 0 Å². The van der Waals surface area contributed by atoms with Crippen molar-refractivity contribution < 1.29 is 23.1 Å². The molecular weight excluding hydrogens is 244 g/mol. The van der Waals surface area contributed by atoms with Crippen LogP contribution in [0.15, 0.2) is 4.42 Å². The number of carboxylic acid groups (broad SMARTS) is 1. The molecule has 0 amide bonds. The van der Waals surface area contributed by atoms with Crippen LogP contribution in [0.2, 0.25) is 0 Å². The fourth-order valence-electron chi connectivity index (χ4n) is 2.40. The van der Waals surface area contributed by atoms with Crippen molar-refractivity contribution in [2.24, 2.45) is 5.92 Å². The molecule has 1 saturated carbocycles. The second-order valence-corrected chi connectivity index (χ2v) is 4.64. The Balaban J connectivity index is 2.13. The highest BCUT2D eigenvalue weighted by Crippen LogP contribution is 2.29. The normalized spacial score (nSPS) is 17.3. The van der Waals surface area contributed by atoms with Gasteiger partial charge in [-0.05, 0) is 18.8 Å². The highest BCUT2D eigenvalue weighted by molar-refractivity contribution is 5.85. The lowest BCUT2D eigenvalue weighted by Gasteiger charge is -2.19. The number of oxazole rings is 1. The molecule has 1 N–H and O–H groups in total. The third-order valence-electron chi connectivity index (χ3n) is 3.29. The minimum Gasteiger partial charge on any atom is -0.475 e. The van der Waals surface area contributed by atoms with E-state index in [1.165, 1.54) is 6.42 Å². The van der Waals surface area contributed by atoms with Crippen molar-refractivity contribution in [1.29, 1.82) is 0 Å². The summed E-state index contributed by atoms with van der Waals surface area (Å²) >= 11 is 0. The summed E-state index contributed by atoms with van der Waals surface area (Å²) in [6, 6.07) is 0. The first-order chi connectivity index (χ1) is 8.58. The number of halogens is 2. The SMILES string of the molecule is O=C(O)c1oc(CC2CCCCC2)nc1C(F)F. The second kappa shape index (κ2) is 5.46. The van der Waals surface area contributed by atoms with Crippen LogP contribution < -0.4 is 0 Å². The smallest absolute Gasteiger partial charge is 0.374 e. The van der Waals surface area contributed by atoms with Crippen molar-refractivity contribution >= 4 is 5.97 Å². The molecule has 6 heteroatoms. The van der Waals surface area contributed by atoms with Crippen molar-refractivity contribution in [3.8, 4) is 0 Å². The number of aromatic nitrogens is 1. The van der Waals surface area contributed by atoms with Crippen LogP contribution in [-0.2, 0) is 6.42 Å². The predicted octanol–water partition coefficient (Wildman–Crippen LogP) is 3.43. The lowest BCUT2D eigenvalue weighted by atomic mass is 9.87. The third kappa shape index (κ3) is 2.86. The molecule has 2 rings (SSSR count). The molecule has 0 unspecified atom stereocenters. The number of carboxylic acids is 1. The van der Waals surface area contributed by atoms with E-state index in [9.17, 15) is 13.6 Å². The number of carbonyl (C=O) groups is 1. The van der Waals surface area contributed by atoms with Gasteiger partial charge in [0.25, 0.3) is 6.43 Å². The molecule has 0 bridgehead atoms. The molecule has 0 aliphatic heterocycles. The van der Waals surface area contributed by atoms with Crippen LogP contribution in [0.3, 0.4) is 0 Å². The fraction of sp³-hybridized carbons (Fsp3) is 0.667. The quantitative estimate of drug-likeness (QED) is 0.899. The molecule has 0 spiro atoms. The zero-order valence-corrected chi connectivity index (χ0v) is 9.86. The van der Waals surface area contributed by atoms with Crippen molar-refractivity contribution in [1.82, 2.24) is 4.98 Å². The highest BCUT2D eigenvalue weighted by atomic mass is 19.3. The number of hydrogen-bond acceptors (Lipinski definition) is 3. The molecule has 0 aromatic carbocycles. The van der Waals surface area contributed by atoms with Crippen LogP contribution in [0.25, 0.3) is 0 Å². The van der Waals surface area contributed by atoms with E-state index in [-0.39, 0.29) is 5.89 Å². The van der Waals surface area contributed by atoms with E-state index in [0.717, 1.165) is 25.7 Å². The molecule has 0 atom stereocenters. The third-order valence-corrected chi connectivity index (χ3v) is 3.29. The molecule has 0 saturated heterocycles. The fourth-order valence-corrected chi connectivity index (χ4v) is 2.40. The average molecular weight is 259 g/mol. The van der Waals surface area contributed by atoms with Gasteiger partial charge < -0.3 is 9.52 Å². The molecule has 1 aromatic rings. The summed E-state index contributed by atoms with van der Waals surface area (Å²) in [5, 5.41) is 8.77. The van der Waals surface area contributed by atoms with E-state index >= 15 is 0 Å². The van der Waals surface area contributed by atoms with E-state index in [1.54, 1.807) is 0 Å². The summed E-state index contributed by atoms with van der Waals surface area (Å²) in [5.41, 5.74) is -0.756. The Hall–Kier alpha value is -1.46. The van der Waals surface area contributed by atoms with Gasteiger partial charge in [0, 0.05) is 6.42 Å². The van der Waals surface area contributed by atoms with E-state index in [1.807, 2.05) is 0 Å². The molecule has 1 aliphatic rings. The van der Waals surface area contributed by atoms with Gasteiger partial charge in [0.2, 0.25) is 5.76 Å². The van der Waals surface area contributed by atoms with Gasteiger partial charge in [-0.15, -0.1) is 0 Å². The van der Waals surface area contributed by atoms with Crippen molar-refractivity contribution in [2.45, 2.75) is 45.0 Å². The van der Waals surface area contributed by atoms with Gasteiger partial charge in [0.05, 0.1) is 0 Å². The van der Waals surface area contributed by atoms with Gasteiger partial charge >= 0.3 is 5.97 Å². The van der Waals surface area contributed by atoms with Gasteiger partial charge in [-0.3, -0.25) is 0 Å². The Morgan fingerprint density at radius 1 is 1.39 bits per heavy atom. The molecule has 1 heterocycles. The molecule has 100 valence electrons. The first kappa shape index (κ1) is 13.0. The lowest BCUT2D eigenvalue weighted by molar-refractivity contribution is 0.0643. The number of nitrogens with zero attached hydrogens (tertiary/aromatic N) is 1. The van der Waals surface area contributed by atoms with Gasteiger partial charge in [-0.2, -0.15) is 0 Å². The lowest BCUT2D eigenvalue weighted by Crippen LogP contribution is -2.09. The summed E-state index contributed by atoms with van der Waals surface area (Å²) < 4.78 is 30.1.